The average molecular weight is 614 g/mol. The van der Waals surface area contributed by atoms with Gasteiger partial charge in [0.05, 0.1) is 17.6 Å². The van der Waals surface area contributed by atoms with Gasteiger partial charge in [0.1, 0.15) is 5.75 Å². The normalized spacial score (nSPS) is 11.9. The number of benzene rings is 3. The van der Waals surface area contributed by atoms with Crippen LogP contribution in [-0.2, 0) is 21.4 Å². The van der Waals surface area contributed by atoms with Crippen LogP contribution in [0.15, 0.2) is 77.8 Å². The summed E-state index contributed by atoms with van der Waals surface area (Å²) < 4.78 is 36.8. The van der Waals surface area contributed by atoms with Crippen molar-refractivity contribution in [2.45, 2.75) is 56.9 Å². The first kappa shape index (κ1) is 34.4. The van der Waals surface area contributed by atoms with Crippen LogP contribution in [0.3, 0.4) is 0 Å². The third-order valence-electron chi connectivity index (χ3n) is 7.53. The van der Waals surface area contributed by atoms with Gasteiger partial charge in [-0.05, 0) is 61.1 Å². The number of carbonyl (C=O) groups is 2. The van der Waals surface area contributed by atoms with Crippen LogP contribution < -0.4 is 39.0 Å². The number of methoxy groups -OCH3 is 1. The second-order valence-electron chi connectivity index (χ2n) is 10.7. The molecule has 0 aliphatic heterocycles. The summed E-state index contributed by atoms with van der Waals surface area (Å²) in [6.45, 7) is 4.63. The van der Waals surface area contributed by atoms with Crippen molar-refractivity contribution in [3.05, 3.63) is 95.2 Å². The molecule has 2 amide bonds. The zero-order valence-electron chi connectivity index (χ0n) is 26.9. The Balaban J connectivity index is 0.00000337. The topological polar surface area (TPSA) is 97.7 Å². The number of ether oxygens (including phenoxy) is 1. The maximum absolute atomic E-state index is 13.9. The molecule has 1 atom stereocenters. The van der Waals surface area contributed by atoms with Gasteiger partial charge in [0, 0.05) is 50.1 Å². The first-order chi connectivity index (χ1) is 20.1. The molecule has 0 saturated carbocycles. The number of hydrogen-bond acceptors (Lipinski definition) is 5. The van der Waals surface area contributed by atoms with E-state index < -0.39 is 15.9 Å². The molecule has 43 heavy (non-hydrogen) atoms. The second-order valence-corrected chi connectivity index (χ2v) is 12.3. The summed E-state index contributed by atoms with van der Waals surface area (Å²) in [6.07, 6.45) is 4.57. The monoisotopic (exact) mass is 613 g/mol. The molecule has 0 aliphatic rings. The Kier molecular flexibility index (Phi) is 12.0. The Hall–Kier alpha value is -3.11. The van der Waals surface area contributed by atoms with Gasteiger partial charge in [0.2, 0.25) is 5.91 Å². The van der Waals surface area contributed by atoms with Crippen molar-refractivity contribution in [2.24, 2.45) is 0 Å². The zero-order valence-corrected chi connectivity index (χ0v) is 28.7. The van der Waals surface area contributed by atoms with E-state index in [1.807, 2.05) is 24.3 Å². The SMILES string of the molecule is CCCn1cc(C(CCCC(=O)N(C)C)c2cccc(OC)c2C(=O)NS(=O)(=O)c2ccccc2C)c2ccccc21.[H-].[Na+]. The number of fused-ring (bicyclic) bond motifs is 1. The van der Waals surface area contributed by atoms with E-state index in [9.17, 15) is 18.0 Å². The van der Waals surface area contributed by atoms with E-state index >= 15 is 0 Å². The fraction of sp³-hybridized carbons (Fsp3) is 0.333. The van der Waals surface area contributed by atoms with Gasteiger partial charge in [-0.2, -0.15) is 0 Å². The van der Waals surface area contributed by atoms with Gasteiger partial charge < -0.3 is 15.6 Å². The molecule has 0 fully saturated rings. The largest absolute Gasteiger partial charge is 1.00 e. The number of rotatable bonds is 12. The fourth-order valence-corrected chi connectivity index (χ4v) is 6.68. The number of nitrogens with one attached hydrogen (secondary N) is 1. The maximum atomic E-state index is 13.9. The Morgan fingerprint density at radius 3 is 2.37 bits per heavy atom. The van der Waals surface area contributed by atoms with Crippen LogP contribution in [0.1, 0.15) is 67.0 Å². The molecule has 224 valence electrons. The van der Waals surface area contributed by atoms with Crippen molar-refractivity contribution in [3.63, 3.8) is 0 Å². The number of sulfonamides is 1. The molecule has 4 aromatic rings. The molecule has 10 heteroatoms. The molecule has 0 spiro atoms. The molecule has 8 nitrogen and oxygen atoms in total. The Morgan fingerprint density at radius 2 is 1.70 bits per heavy atom. The van der Waals surface area contributed by atoms with Crippen LogP contribution >= 0.6 is 0 Å². The van der Waals surface area contributed by atoms with Crippen molar-refractivity contribution in [3.8, 4) is 5.75 Å². The molecule has 0 saturated heterocycles. The van der Waals surface area contributed by atoms with Crippen LogP contribution in [0.5, 0.6) is 5.75 Å². The molecular formula is C33H40N3NaO5S. The number of para-hydroxylation sites is 1. The number of amides is 2. The Labute approximate surface area is 278 Å². The molecule has 1 unspecified atom stereocenters. The summed E-state index contributed by atoms with van der Waals surface area (Å²) in [5.74, 6) is -0.774. The second kappa shape index (κ2) is 15.1. The predicted molar refractivity (Wildman–Crippen MR) is 167 cm³/mol. The van der Waals surface area contributed by atoms with Crippen LogP contribution in [0.25, 0.3) is 10.9 Å². The fourth-order valence-electron chi connectivity index (χ4n) is 5.48. The molecule has 0 bridgehead atoms. The zero-order chi connectivity index (χ0) is 30.4. The molecule has 1 heterocycles. The maximum Gasteiger partial charge on any atom is 1.00 e. The van der Waals surface area contributed by atoms with Crippen molar-refractivity contribution in [2.75, 3.05) is 21.2 Å². The van der Waals surface area contributed by atoms with E-state index in [0.29, 0.717) is 30.4 Å². The van der Waals surface area contributed by atoms with Crippen molar-refractivity contribution in [1.82, 2.24) is 14.2 Å². The summed E-state index contributed by atoms with van der Waals surface area (Å²) >= 11 is 0. The van der Waals surface area contributed by atoms with Crippen LogP contribution in [0.4, 0.5) is 0 Å². The van der Waals surface area contributed by atoms with E-state index in [-0.39, 0.29) is 59.0 Å². The Bertz CT molecular complexity index is 1700. The van der Waals surface area contributed by atoms with Crippen LogP contribution in [0, 0.1) is 6.92 Å². The quantitative estimate of drug-likeness (QED) is 0.248. The van der Waals surface area contributed by atoms with Crippen LogP contribution in [0.2, 0.25) is 0 Å². The number of aryl methyl sites for hydroxylation is 2. The van der Waals surface area contributed by atoms with Gasteiger partial charge in [0.25, 0.3) is 15.9 Å². The number of nitrogens with zero attached hydrogens (tertiary/aromatic N) is 2. The molecule has 0 aliphatic carbocycles. The predicted octanol–water partition coefficient (Wildman–Crippen LogP) is 2.99. The standard InChI is InChI=1S/C33H39N3O5S.Na.H/c1-6-21-36-22-27(25-14-8-9-17-28(25)36)24(15-12-20-31(37)35(3)4)26-16-11-18-29(41-5)32(26)33(38)34-42(39,40)30-19-10-7-13-23(30)2;;/h7-11,13-14,16-19,22,24H,6,12,15,20-21H2,1-5H3,(H,34,38);;/q;+1;-1. The number of hydrogen-bond donors (Lipinski definition) is 1. The van der Waals surface area contributed by atoms with E-state index in [0.717, 1.165) is 29.4 Å². The molecule has 1 aromatic heterocycles. The van der Waals surface area contributed by atoms with Crippen molar-refractivity contribution >= 4 is 32.7 Å². The van der Waals surface area contributed by atoms with Gasteiger partial charge >= 0.3 is 29.6 Å². The van der Waals surface area contributed by atoms with Crippen molar-refractivity contribution in [1.29, 1.82) is 0 Å². The average Bonchev–Trinajstić information content (AvgIpc) is 3.32. The molecule has 0 radical (unpaired) electrons. The van der Waals surface area contributed by atoms with Gasteiger partial charge in [-0.15, -0.1) is 0 Å². The summed E-state index contributed by atoms with van der Waals surface area (Å²) in [5.41, 5.74) is 3.43. The molecule has 3 aromatic carbocycles. The number of aromatic nitrogens is 1. The van der Waals surface area contributed by atoms with Gasteiger partial charge in [-0.25, -0.2) is 13.1 Å². The third kappa shape index (κ3) is 7.70. The van der Waals surface area contributed by atoms with Crippen molar-refractivity contribution < 1.29 is 53.7 Å². The van der Waals surface area contributed by atoms with E-state index in [1.165, 1.54) is 13.2 Å². The van der Waals surface area contributed by atoms with Crippen LogP contribution in [-0.4, -0.2) is 50.9 Å². The minimum absolute atomic E-state index is 0. The summed E-state index contributed by atoms with van der Waals surface area (Å²) in [5, 5.41) is 1.05. The smallest absolute Gasteiger partial charge is 1.00 e. The molecular weight excluding hydrogens is 573 g/mol. The van der Waals surface area contributed by atoms with E-state index in [2.05, 4.69) is 34.5 Å². The summed E-state index contributed by atoms with van der Waals surface area (Å²) in [4.78, 5) is 28.0. The molecule has 4 rings (SSSR count). The van der Waals surface area contributed by atoms with Gasteiger partial charge in [-0.3, -0.25) is 9.59 Å². The minimum Gasteiger partial charge on any atom is -1.00 e. The summed E-state index contributed by atoms with van der Waals surface area (Å²) in [7, 11) is 0.774. The minimum atomic E-state index is -4.16. The van der Waals surface area contributed by atoms with E-state index in [4.69, 9.17) is 4.74 Å². The van der Waals surface area contributed by atoms with E-state index in [1.54, 1.807) is 50.2 Å². The summed E-state index contributed by atoms with van der Waals surface area (Å²) in [6, 6.07) is 20.0. The first-order valence-electron chi connectivity index (χ1n) is 14.2. The first-order valence-corrected chi connectivity index (χ1v) is 15.6. The van der Waals surface area contributed by atoms with Gasteiger partial charge in [-0.1, -0.05) is 55.5 Å². The van der Waals surface area contributed by atoms with Gasteiger partial charge in [0.15, 0.2) is 0 Å². The number of carbonyl (C=O) groups excluding carboxylic acids is 2. The molecule has 1 N–H and O–H groups in total. The third-order valence-corrected chi connectivity index (χ3v) is 9.02. The Morgan fingerprint density at radius 1 is 1.00 bits per heavy atom.